The largest absolute Gasteiger partial charge is 0.383 e. The highest BCUT2D eigenvalue weighted by Gasteiger charge is 2.22. The number of nitrogens with two attached hydrogens (primary N) is 1. The molecule has 0 saturated carbocycles. The molecule has 4 rings (SSSR count). The maximum Gasteiger partial charge on any atom is 0.143 e. The van der Waals surface area contributed by atoms with E-state index in [-0.39, 0.29) is 16.9 Å². The van der Waals surface area contributed by atoms with Crippen LogP contribution in [0.3, 0.4) is 0 Å². The van der Waals surface area contributed by atoms with E-state index in [1.807, 2.05) is 35.7 Å². The second kappa shape index (κ2) is 8.56. The number of anilines is 1. The lowest BCUT2D eigenvalue weighted by atomic mass is 10.0. The smallest absolute Gasteiger partial charge is 0.143 e. The summed E-state index contributed by atoms with van der Waals surface area (Å²) in [6, 6.07) is 13.4. The number of aromatic nitrogens is 4. The fraction of sp³-hybridized carbons (Fsp3) is 0.0500. The van der Waals surface area contributed by atoms with E-state index in [9.17, 15) is 10.5 Å². The van der Waals surface area contributed by atoms with Gasteiger partial charge in [0, 0.05) is 33.5 Å². The number of nitrogen functional groups attached to an aromatic ring is 1. The van der Waals surface area contributed by atoms with E-state index in [1.54, 1.807) is 12.3 Å². The monoisotopic (exact) mass is 449 g/mol. The van der Waals surface area contributed by atoms with E-state index in [0.29, 0.717) is 27.1 Å². The molecule has 3 aromatic heterocycles. The molecule has 3 N–H and O–H groups in total. The van der Waals surface area contributed by atoms with Crippen LogP contribution in [0.5, 0.6) is 0 Å². The lowest BCUT2D eigenvalue weighted by Gasteiger charge is -2.10. The fourth-order valence-electron chi connectivity index (χ4n) is 2.80. The number of nitrogens with zero attached hydrogens (tertiary/aromatic N) is 5. The molecule has 3 heterocycles. The molecule has 146 valence electrons. The summed E-state index contributed by atoms with van der Waals surface area (Å²) in [5.74, 6) is 0.564. The molecule has 1 aromatic carbocycles. The minimum absolute atomic E-state index is 0.0668. The molecule has 0 amide bonds. The van der Waals surface area contributed by atoms with Gasteiger partial charge in [0.1, 0.15) is 33.6 Å². The molecule has 0 saturated heterocycles. The lowest BCUT2D eigenvalue weighted by Crippen LogP contribution is -2.03. The molecule has 4 aromatic rings. The number of nitriles is 2. The van der Waals surface area contributed by atoms with Crippen molar-refractivity contribution in [3.63, 3.8) is 0 Å². The van der Waals surface area contributed by atoms with Gasteiger partial charge in [0.2, 0.25) is 0 Å². The van der Waals surface area contributed by atoms with E-state index in [1.165, 1.54) is 23.1 Å². The predicted molar refractivity (Wildman–Crippen MR) is 118 cm³/mol. The van der Waals surface area contributed by atoms with Gasteiger partial charge in [-0.3, -0.25) is 5.10 Å². The van der Waals surface area contributed by atoms with Crippen LogP contribution in [0.15, 0.2) is 46.9 Å². The third-order valence-electron chi connectivity index (χ3n) is 4.17. The Labute approximate surface area is 185 Å². The zero-order valence-electron chi connectivity index (χ0n) is 15.3. The van der Waals surface area contributed by atoms with Gasteiger partial charge in [0.25, 0.3) is 0 Å². The van der Waals surface area contributed by atoms with Crippen LogP contribution in [0.4, 0.5) is 5.82 Å². The number of benzene rings is 1. The molecule has 10 heteroatoms. The molecule has 0 bridgehead atoms. The standard InChI is InChI=1S/C20H12ClN7S2/c21-12-3-1-11(2-4-12)19-26-13(9-29-19)10-30-20-15(8-23)17(16-5-6-25-28-16)14(7-22)18(24)27-20/h1-6,9H,10H2,(H2,24,27)(H,25,28). The van der Waals surface area contributed by atoms with Gasteiger partial charge in [-0.25, -0.2) is 9.97 Å². The summed E-state index contributed by atoms with van der Waals surface area (Å²) in [4.78, 5) is 8.95. The van der Waals surface area contributed by atoms with Crippen LogP contribution in [-0.4, -0.2) is 20.2 Å². The molecule has 0 atom stereocenters. The van der Waals surface area contributed by atoms with Gasteiger partial charge < -0.3 is 5.73 Å². The Hall–Kier alpha value is -3.37. The van der Waals surface area contributed by atoms with Gasteiger partial charge in [-0.2, -0.15) is 15.6 Å². The number of nitrogens with one attached hydrogen (secondary N) is 1. The molecular weight excluding hydrogens is 438 g/mol. The lowest BCUT2D eigenvalue weighted by molar-refractivity contribution is 1.07. The summed E-state index contributed by atoms with van der Waals surface area (Å²) >= 11 is 8.82. The molecule has 0 aliphatic carbocycles. The molecule has 0 radical (unpaired) electrons. The highest BCUT2D eigenvalue weighted by molar-refractivity contribution is 7.98. The fourth-order valence-corrected chi connectivity index (χ4v) is 4.74. The van der Waals surface area contributed by atoms with Crippen LogP contribution in [0.1, 0.15) is 16.8 Å². The third-order valence-corrected chi connectivity index (χ3v) is 6.37. The van der Waals surface area contributed by atoms with Crippen LogP contribution in [0, 0.1) is 22.7 Å². The van der Waals surface area contributed by atoms with Gasteiger partial charge in [-0.1, -0.05) is 35.5 Å². The number of aromatic amines is 1. The van der Waals surface area contributed by atoms with Gasteiger partial charge in [-0.15, -0.1) is 11.3 Å². The van der Waals surface area contributed by atoms with E-state index in [4.69, 9.17) is 17.3 Å². The summed E-state index contributed by atoms with van der Waals surface area (Å²) in [5, 5.41) is 30.0. The Morgan fingerprint density at radius 1 is 1.10 bits per heavy atom. The second-order valence-corrected chi connectivity index (χ2v) is 8.31. The van der Waals surface area contributed by atoms with Crippen molar-refractivity contribution in [3.8, 4) is 34.0 Å². The maximum absolute atomic E-state index is 9.77. The zero-order chi connectivity index (χ0) is 21.1. The Kier molecular flexibility index (Phi) is 5.68. The van der Waals surface area contributed by atoms with E-state index < -0.39 is 0 Å². The van der Waals surface area contributed by atoms with Crippen LogP contribution in [-0.2, 0) is 5.75 Å². The summed E-state index contributed by atoms with van der Waals surface area (Å²) < 4.78 is 0. The molecule has 0 aliphatic heterocycles. The first-order valence-corrected chi connectivity index (χ1v) is 10.8. The molecule has 0 unspecified atom stereocenters. The van der Waals surface area contributed by atoms with Crippen molar-refractivity contribution in [1.29, 1.82) is 10.5 Å². The Bertz CT molecular complexity index is 1280. The molecule has 0 fully saturated rings. The molecular formula is C20H12ClN7S2. The summed E-state index contributed by atoms with van der Waals surface area (Å²) in [7, 11) is 0. The highest BCUT2D eigenvalue weighted by Crippen LogP contribution is 2.36. The van der Waals surface area contributed by atoms with Crippen LogP contribution in [0.25, 0.3) is 21.8 Å². The van der Waals surface area contributed by atoms with Crippen molar-refractivity contribution in [2.75, 3.05) is 5.73 Å². The van der Waals surface area contributed by atoms with Gasteiger partial charge in [-0.05, 0) is 18.2 Å². The quantitative estimate of drug-likeness (QED) is 0.416. The summed E-state index contributed by atoms with van der Waals surface area (Å²) in [6.07, 6.45) is 1.62. The van der Waals surface area contributed by atoms with Crippen LogP contribution >= 0.6 is 34.7 Å². The van der Waals surface area contributed by atoms with Crippen molar-refractivity contribution in [2.24, 2.45) is 0 Å². The highest BCUT2D eigenvalue weighted by atomic mass is 35.5. The molecule has 7 nitrogen and oxygen atoms in total. The first kappa shape index (κ1) is 19.9. The van der Waals surface area contributed by atoms with E-state index >= 15 is 0 Å². The molecule has 0 spiro atoms. The van der Waals surface area contributed by atoms with Gasteiger partial charge in [0.15, 0.2) is 0 Å². The predicted octanol–water partition coefficient (Wildman–Crippen LogP) is 4.87. The third kappa shape index (κ3) is 3.87. The van der Waals surface area contributed by atoms with Gasteiger partial charge in [0.05, 0.1) is 17.0 Å². The number of thioether (sulfide) groups is 1. The molecule has 0 aliphatic rings. The van der Waals surface area contributed by atoms with E-state index in [0.717, 1.165) is 16.3 Å². The molecule has 30 heavy (non-hydrogen) atoms. The van der Waals surface area contributed by atoms with Gasteiger partial charge >= 0.3 is 0 Å². The minimum Gasteiger partial charge on any atom is -0.383 e. The van der Waals surface area contributed by atoms with Crippen molar-refractivity contribution in [3.05, 3.63) is 63.8 Å². The van der Waals surface area contributed by atoms with Crippen molar-refractivity contribution >= 4 is 40.5 Å². The summed E-state index contributed by atoms with van der Waals surface area (Å²) in [6.45, 7) is 0. The topological polar surface area (TPSA) is 128 Å². The number of H-pyrrole nitrogens is 1. The Balaban J connectivity index is 1.64. The zero-order valence-corrected chi connectivity index (χ0v) is 17.6. The maximum atomic E-state index is 9.77. The average Bonchev–Trinajstić information content (AvgIpc) is 3.44. The first-order chi connectivity index (χ1) is 14.6. The number of hydrogen-bond acceptors (Lipinski definition) is 8. The number of pyridine rings is 1. The number of rotatable bonds is 5. The van der Waals surface area contributed by atoms with Crippen molar-refractivity contribution in [1.82, 2.24) is 20.2 Å². The normalized spacial score (nSPS) is 10.5. The summed E-state index contributed by atoms with van der Waals surface area (Å²) in [5.41, 5.74) is 9.11. The van der Waals surface area contributed by atoms with Crippen LogP contribution < -0.4 is 5.73 Å². The number of hydrogen-bond donors (Lipinski definition) is 2. The van der Waals surface area contributed by atoms with Crippen molar-refractivity contribution in [2.45, 2.75) is 10.8 Å². The number of halogens is 1. The number of thiazole rings is 1. The van der Waals surface area contributed by atoms with E-state index in [2.05, 4.69) is 26.2 Å². The van der Waals surface area contributed by atoms with Crippen LogP contribution in [0.2, 0.25) is 5.02 Å². The first-order valence-electron chi connectivity index (χ1n) is 8.57. The Morgan fingerprint density at radius 2 is 1.87 bits per heavy atom. The second-order valence-electron chi connectivity index (χ2n) is 6.05. The minimum atomic E-state index is 0.0668. The SMILES string of the molecule is N#Cc1c(N)nc(SCc2csc(-c3ccc(Cl)cc3)n2)c(C#N)c1-c1cc[nH]n1. The Morgan fingerprint density at radius 3 is 2.53 bits per heavy atom. The van der Waals surface area contributed by atoms with Crippen molar-refractivity contribution < 1.29 is 0 Å². The average molecular weight is 450 g/mol.